The summed E-state index contributed by atoms with van der Waals surface area (Å²) in [6, 6.07) is 3.17. The van der Waals surface area contributed by atoms with Gasteiger partial charge in [0.05, 0.1) is 17.4 Å². The van der Waals surface area contributed by atoms with Crippen LogP contribution in [0.15, 0.2) is 54.5 Å². The van der Waals surface area contributed by atoms with Crippen LogP contribution in [0.4, 0.5) is 0 Å². The van der Waals surface area contributed by atoms with Gasteiger partial charge >= 0.3 is 11.9 Å². The molecular weight excluding hydrogens is 290 g/mol. The summed E-state index contributed by atoms with van der Waals surface area (Å²) in [6.07, 6.45) is 5.53. The van der Waals surface area contributed by atoms with Gasteiger partial charge in [0, 0.05) is 11.3 Å². The standard InChI is InChI=1S/C15H13NO6/c16-10(6-7-17)2-1-3-13(18)12-8-9(14(19)20)4-5-11(12)15(21)22/h1-8,17H,16H2,(H,19,20)(H,21,22)/b3-1+,7-6+,10-2+. The first kappa shape index (κ1) is 16.7. The molecule has 0 atom stereocenters. The van der Waals surface area contributed by atoms with Gasteiger partial charge in [-0.15, -0.1) is 0 Å². The molecule has 0 heterocycles. The van der Waals surface area contributed by atoms with Gasteiger partial charge in [-0.25, -0.2) is 9.59 Å². The Balaban J connectivity index is 3.17. The van der Waals surface area contributed by atoms with Gasteiger partial charge in [0.2, 0.25) is 0 Å². The molecule has 0 amide bonds. The van der Waals surface area contributed by atoms with Crippen molar-refractivity contribution in [1.29, 1.82) is 0 Å². The largest absolute Gasteiger partial charge is 0.516 e. The lowest BCUT2D eigenvalue weighted by molar-refractivity contribution is 0.0679. The van der Waals surface area contributed by atoms with Crippen molar-refractivity contribution in [2.75, 3.05) is 0 Å². The van der Waals surface area contributed by atoms with Gasteiger partial charge in [0.1, 0.15) is 0 Å². The second-order valence-corrected chi connectivity index (χ2v) is 4.08. The number of nitrogens with two attached hydrogens (primary N) is 1. The Kier molecular flexibility index (Phi) is 5.65. The summed E-state index contributed by atoms with van der Waals surface area (Å²) in [5.74, 6) is -3.29. The number of carbonyl (C=O) groups is 3. The fraction of sp³-hybridized carbons (Fsp3) is 0. The smallest absolute Gasteiger partial charge is 0.336 e. The molecule has 5 N–H and O–H groups in total. The van der Waals surface area contributed by atoms with Gasteiger partial charge in [-0.05, 0) is 36.4 Å². The van der Waals surface area contributed by atoms with Gasteiger partial charge in [0.15, 0.2) is 5.78 Å². The second kappa shape index (κ2) is 7.44. The predicted molar refractivity (Wildman–Crippen MR) is 77.9 cm³/mol. The van der Waals surface area contributed by atoms with Crippen molar-refractivity contribution in [3.63, 3.8) is 0 Å². The Hall–Kier alpha value is -3.35. The molecule has 0 saturated carbocycles. The van der Waals surface area contributed by atoms with Crippen molar-refractivity contribution in [3.05, 3.63) is 71.2 Å². The number of hydrogen-bond donors (Lipinski definition) is 4. The number of carboxylic acids is 2. The lowest BCUT2D eigenvalue weighted by Gasteiger charge is -2.04. The van der Waals surface area contributed by atoms with Crippen LogP contribution in [-0.4, -0.2) is 33.0 Å². The number of ketones is 1. The van der Waals surface area contributed by atoms with E-state index in [-0.39, 0.29) is 22.4 Å². The summed E-state index contributed by atoms with van der Waals surface area (Å²) in [7, 11) is 0. The van der Waals surface area contributed by atoms with E-state index in [1.807, 2.05) is 0 Å². The fourth-order valence-corrected chi connectivity index (χ4v) is 1.55. The number of benzene rings is 1. The number of allylic oxidation sites excluding steroid dienone is 4. The summed E-state index contributed by atoms with van der Waals surface area (Å²) in [4.78, 5) is 34.0. The third-order valence-corrected chi connectivity index (χ3v) is 2.57. The molecule has 0 aliphatic heterocycles. The highest BCUT2D eigenvalue weighted by Crippen LogP contribution is 2.14. The molecule has 0 aliphatic carbocycles. The van der Waals surface area contributed by atoms with Crippen LogP contribution in [0.1, 0.15) is 31.1 Å². The zero-order valence-electron chi connectivity index (χ0n) is 11.3. The van der Waals surface area contributed by atoms with E-state index in [9.17, 15) is 14.4 Å². The maximum absolute atomic E-state index is 12.0. The minimum Gasteiger partial charge on any atom is -0.516 e. The van der Waals surface area contributed by atoms with Gasteiger partial charge in [-0.3, -0.25) is 4.79 Å². The molecule has 1 aromatic carbocycles. The Morgan fingerprint density at radius 2 is 1.68 bits per heavy atom. The molecule has 0 unspecified atom stereocenters. The molecule has 0 aliphatic rings. The number of aliphatic hydroxyl groups excluding tert-OH is 1. The second-order valence-electron chi connectivity index (χ2n) is 4.08. The monoisotopic (exact) mass is 303 g/mol. The van der Waals surface area contributed by atoms with E-state index in [1.54, 1.807) is 0 Å². The quantitative estimate of drug-likeness (QED) is 0.272. The van der Waals surface area contributed by atoms with Crippen LogP contribution in [0.3, 0.4) is 0 Å². The zero-order chi connectivity index (χ0) is 16.7. The fourth-order valence-electron chi connectivity index (χ4n) is 1.55. The van der Waals surface area contributed by atoms with E-state index < -0.39 is 17.7 Å². The number of aliphatic hydroxyl groups is 1. The Labute approximate surface area is 125 Å². The molecule has 1 aromatic rings. The van der Waals surface area contributed by atoms with E-state index in [4.69, 9.17) is 21.1 Å². The number of rotatable bonds is 6. The van der Waals surface area contributed by atoms with Crippen LogP contribution in [0.5, 0.6) is 0 Å². The van der Waals surface area contributed by atoms with E-state index in [1.165, 1.54) is 18.2 Å². The molecule has 0 saturated heterocycles. The van der Waals surface area contributed by atoms with Crippen LogP contribution in [0.25, 0.3) is 0 Å². The normalized spacial score (nSPS) is 11.9. The summed E-state index contributed by atoms with van der Waals surface area (Å²) >= 11 is 0. The summed E-state index contributed by atoms with van der Waals surface area (Å²) < 4.78 is 0. The first-order chi connectivity index (χ1) is 10.4. The highest BCUT2D eigenvalue weighted by Gasteiger charge is 2.17. The summed E-state index contributed by atoms with van der Waals surface area (Å²) in [6.45, 7) is 0. The van der Waals surface area contributed by atoms with Crippen molar-refractivity contribution >= 4 is 17.7 Å². The summed E-state index contributed by atoms with van der Waals surface area (Å²) in [5, 5.41) is 26.4. The van der Waals surface area contributed by atoms with Gasteiger partial charge in [0.25, 0.3) is 0 Å². The third-order valence-electron chi connectivity index (χ3n) is 2.57. The Morgan fingerprint density at radius 1 is 1.00 bits per heavy atom. The summed E-state index contributed by atoms with van der Waals surface area (Å²) in [5.41, 5.74) is 4.87. The highest BCUT2D eigenvalue weighted by atomic mass is 16.4. The predicted octanol–water partition coefficient (Wildman–Crippen LogP) is 1.74. The lowest BCUT2D eigenvalue weighted by Crippen LogP contribution is -2.09. The highest BCUT2D eigenvalue weighted by molar-refractivity contribution is 6.12. The average molecular weight is 303 g/mol. The molecule has 7 nitrogen and oxygen atoms in total. The molecule has 1 rings (SSSR count). The molecule has 0 bridgehead atoms. The van der Waals surface area contributed by atoms with Gasteiger partial charge < -0.3 is 21.1 Å². The Bertz CT molecular complexity index is 700. The van der Waals surface area contributed by atoms with Gasteiger partial charge in [-0.2, -0.15) is 0 Å². The van der Waals surface area contributed by atoms with Crippen molar-refractivity contribution < 1.29 is 29.7 Å². The molecule has 22 heavy (non-hydrogen) atoms. The number of hydrogen-bond acceptors (Lipinski definition) is 5. The van der Waals surface area contributed by atoms with Crippen molar-refractivity contribution in [2.24, 2.45) is 5.73 Å². The van der Waals surface area contributed by atoms with Gasteiger partial charge in [-0.1, -0.05) is 6.08 Å². The molecule has 0 spiro atoms. The molecule has 0 fully saturated rings. The molecular formula is C15H13NO6. The third kappa shape index (κ3) is 4.34. The number of carboxylic acid groups (broad SMARTS) is 2. The van der Waals surface area contributed by atoms with Crippen LogP contribution < -0.4 is 5.73 Å². The molecule has 0 radical (unpaired) electrons. The van der Waals surface area contributed by atoms with Crippen LogP contribution in [0, 0.1) is 0 Å². The van der Waals surface area contributed by atoms with Crippen LogP contribution in [-0.2, 0) is 0 Å². The average Bonchev–Trinajstić information content (AvgIpc) is 2.46. The van der Waals surface area contributed by atoms with E-state index in [0.29, 0.717) is 0 Å². The minimum absolute atomic E-state index is 0.171. The SMILES string of the molecule is NC(/C=C/O)=C/C=C/C(=O)c1cc(C(=O)O)ccc1C(=O)O. The van der Waals surface area contributed by atoms with E-state index in [0.717, 1.165) is 30.5 Å². The number of aromatic carboxylic acids is 2. The first-order valence-electron chi connectivity index (χ1n) is 5.96. The molecule has 0 aromatic heterocycles. The molecule has 114 valence electrons. The minimum atomic E-state index is -1.34. The van der Waals surface area contributed by atoms with Crippen molar-refractivity contribution in [1.82, 2.24) is 0 Å². The van der Waals surface area contributed by atoms with E-state index in [2.05, 4.69) is 0 Å². The molecule has 7 heteroatoms. The number of carbonyl (C=O) groups excluding carboxylic acids is 1. The zero-order valence-corrected chi connectivity index (χ0v) is 11.3. The van der Waals surface area contributed by atoms with Crippen LogP contribution in [0.2, 0.25) is 0 Å². The maximum Gasteiger partial charge on any atom is 0.336 e. The van der Waals surface area contributed by atoms with Crippen LogP contribution >= 0.6 is 0 Å². The topological polar surface area (TPSA) is 138 Å². The maximum atomic E-state index is 12.0. The Morgan fingerprint density at radius 3 is 2.23 bits per heavy atom. The van der Waals surface area contributed by atoms with E-state index >= 15 is 0 Å². The lowest BCUT2D eigenvalue weighted by atomic mass is 10.00. The first-order valence-corrected chi connectivity index (χ1v) is 5.96. The van der Waals surface area contributed by atoms with Crippen molar-refractivity contribution in [2.45, 2.75) is 0 Å². The van der Waals surface area contributed by atoms with Crippen molar-refractivity contribution in [3.8, 4) is 0 Å².